The molecule has 1 aromatic heterocycles. The molecule has 0 aliphatic rings. The van der Waals surface area contributed by atoms with E-state index in [1.807, 2.05) is 24.3 Å². The number of aromatic nitrogens is 1. The van der Waals surface area contributed by atoms with Crippen LogP contribution in [-0.2, 0) is 0 Å². The van der Waals surface area contributed by atoms with Gasteiger partial charge in [0, 0.05) is 22.9 Å². The first-order valence-electron chi connectivity index (χ1n) is 8.23. The highest BCUT2D eigenvalue weighted by Gasteiger charge is 2.12. The number of anilines is 1. The van der Waals surface area contributed by atoms with E-state index < -0.39 is 0 Å². The van der Waals surface area contributed by atoms with Crippen LogP contribution in [0.3, 0.4) is 0 Å². The van der Waals surface area contributed by atoms with Crippen molar-refractivity contribution in [2.45, 2.75) is 19.8 Å². The number of phenols is 1. The predicted octanol–water partition coefficient (Wildman–Crippen LogP) is 4.84. The van der Waals surface area contributed by atoms with Gasteiger partial charge in [-0.05, 0) is 47.4 Å². The van der Waals surface area contributed by atoms with Gasteiger partial charge in [-0.2, -0.15) is 0 Å². The molecule has 0 bridgehead atoms. The van der Waals surface area contributed by atoms with E-state index >= 15 is 0 Å². The van der Waals surface area contributed by atoms with Gasteiger partial charge in [0.05, 0.1) is 7.11 Å². The Morgan fingerprint density at radius 1 is 0.960 bits per heavy atom. The summed E-state index contributed by atoms with van der Waals surface area (Å²) in [6.07, 6.45) is 1.77. The van der Waals surface area contributed by atoms with E-state index in [0.29, 0.717) is 11.7 Å². The first kappa shape index (κ1) is 16.8. The zero-order valence-corrected chi connectivity index (χ0v) is 14.7. The lowest BCUT2D eigenvalue weighted by Crippen LogP contribution is -1.97. The number of pyridine rings is 1. The van der Waals surface area contributed by atoms with Gasteiger partial charge >= 0.3 is 0 Å². The number of aromatic hydroxyl groups is 1. The van der Waals surface area contributed by atoms with E-state index in [-0.39, 0.29) is 5.75 Å². The van der Waals surface area contributed by atoms with E-state index in [1.165, 1.54) is 5.56 Å². The number of hydrogen-bond acceptors (Lipinski definition) is 4. The fraction of sp³-hybridized carbons (Fsp3) is 0.190. The van der Waals surface area contributed by atoms with Crippen molar-refractivity contribution in [1.82, 2.24) is 4.98 Å². The normalized spacial score (nSPS) is 10.9. The second-order valence-corrected chi connectivity index (χ2v) is 6.32. The second-order valence-electron chi connectivity index (χ2n) is 6.32. The Morgan fingerprint density at radius 2 is 1.68 bits per heavy atom. The maximum atomic E-state index is 9.49. The number of rotatable bonds is 4. The third kappa shape index (κ3) is 3.43. The van der Waals surface area contributed by atoms with Gasteiger partial charge in [-0.15, -0.1) is 0 Å². The van der Waals surface area contributed by atoms with Gasteiger partial charge in [0.2, 0.25) is 0 Å². The molecule has 4 nitrogen and oxygen atoms in total. The molecule has 0 amide bonds. The molecule has 0 radical (unpaired) electrons. The number of hydrogen-bond donors (Lipinski definition) is 2. The molecule has 3 aromatic rings. The van der Waals surface area contributed by atoms with Gasteiger partial charge in [-0.3, -0.25) is 0 Å². The Bertz CT molecular complexity index is 887. The summed E-state index contributed by atoms with van der Waals surface area (Å²) in [6, 6.07) is 15.2. The Morgan fingerprint density at radius 3 is 2.32 bits per heavy atom. The SMILES string of the molecule is COc1ccc(C(C)C)cc1-c1cnc(N)c(-c2ccc(O)cc2)c1. The van der Waals surface area contributed by atoms with E-state index in [2.05, 4.69) is 31.0 Å². The Labute approximate surface area is 147 Å². The van der Waals surface area contributed by atoms with Crippen LogP contribution < -0.4 is 10.5 Å². The summed E-state index contributed by atoms with van der Waals surface area (Å²) < 4.78 is 5.53. The number of nitrogen functional groups attached to an aromatic ring is 1. The molecule has 0 saturated heterocycles. The second kappa shape index (κ2) is 6.85. The van der Waals surface area contributed by atoms with Crippen LogP contribution >= 0.6 is 0 Å². The van der Waals surface area contributed by atoms with Crippen LogP contribution in [0.25, 0.3) is 22.3 Å². The van der Waals surface area contributed by atoms with Crippen molar-refractivity contribution in [3.63, 3.8) is 0 Å². The molecule has 0 unspecified atom stereocenters. The number of ether oxygens (including phenoxy) is 1. The van der Waals surface area contributed by atoms with E-state index in [0.717, 1.165) is 28.0 Å². The van der Waals surface area contributed by atoms with E-state index in [1.54, 1.807) is 25.4 Å². The zero-order chi connectivity index (χ0) is 18.0. The summed E-state index contributed by atoms with van der Waals surface area (Å²) in [6.45, 7) is 4.32. The van der Waals surface area contributed by atoms with Crippen molar-refractivity contribution >= 4 is 5.82 Å². The Hall–Kier alpha value is -3.01. The smallest absolute Gasteiger partial charge is 0.131 e. The molecule has 0 saturated carbocycles. The molecule has 1 heterocycles. The van der Waals surface area contributed by atoms with Crippen LogP contribution in [0.1, 0.15) is 25.3 Å². The lowest BCUT2D eigenvalue weighted by Gasteiger charge is -2.14. The highest BCUT2D eigenvalue weighted by molar-refractivity contribution is 5.81. The molecule has 0 fully saturated rings. The molecular formula is C21H22N2O2. The summed E-state index contributed by atoms with van der Waals surface area (Å²) in [5, 5.41) is 9.49. The predicted molar refractivity (Wildman–Crippen MR) is 102 cm³/mol. The third-order valence-electron chi connectivity index (χ3n) is 4.30. The Balaban J connectivity index is 2.14. The van der Waals surface area contributed by atoms with E-state index in [9.17, 15) is 5.11 Å². The molecule has 3 N–H and O–H groups in total. The average Bonchev–Trinajstić information content (AvgIpc) is 2.62. The molecule has 0 atom stereocenters. The van der Waals surface area contributed by atoms with Crippen molar-refractivity contribution in [1.29, 1.82) is 0 Å². The molecule has 2 aromatic carbocycles. The minimum atomic E-state index is 0.220. The summed E-state index contributed by atoms with van der Waals surface area (Å²) in [5.41, 5.74) is 11.0. The van der Waals surface area contributed by atoms with Crippen molar-refractivity contribution < 1.29 is 9.84 Å². The van der Waals surface area contributed by atoms with Crippen molar-refractivity contribution in [3.8, 4) is 33.8 Å². The van der Waals surface area contributed by atoms with Crippen LogP contribution in [-0.4, -0.2) is 17.2 Å². The number of nitrogens with zero attached hydrogens (tertiary/aromatic N) is 1. The lowest BCUT2D eigenvalue weighted by atomic mass is 9.95. The first-order chi connectivity index (χ1) is 12.0. The average molecular weight is 334 g/mol. The maximum Gasteiger partial charge on any atom is 0.131 e. The van der Waals surface area contributed by atoms with Crippen LogP contribution in [0, 0.1) is 0 Å². The minimum absolute atomic E-state index is 0.220. The summed E-state index contributed by atoms with van der Waals surface area (Å²) in [4.78, 5) is 4.36. The standard InChI is InChI=1S/C21H22N2O2/c1-13(2)15-6-9-20(25-3)18(10-15)16-11-19(21(22)23-12-16)14-4-7-17(24)8-5-14/h4-13,24H,1-3H3,(H2,22,23). The van der Waals surface area contributed by atoms with Crippen LogP contribution in [0.2, 0.25) is 0 Å². The highest BCUT2D eigenvalue weighted by Crippen LogP contribution is 2.36. The first-order valence-corrected chi connectivity index (χ1v) is 8.23. The van der Waals surface area contributed by atoms with Gasteiger partial charge in [-0.25, -0.2) is 4.98 Å². The molecule has 0 aliphatic heterocycles. The van der Waals surface area contributed by atoms with Crippen molar-refractivity contribution in [2.24, 2.45) is 0 Å². The van der Waals surface area contributed by atoms with Crippen molar-refractivity contribution in [3.05, 3.63) is 60.3 Å². The molecule has 4 heteroatoms. The summed E-state index contributed by atoms with van der Waals surface area (Å²) in [5.74, 6) is 1.89. The van der Waals surface area contributed by atoms with Crippen molar-refractivity contribution in [2.75, 3.05) is 12.8 Å². The number of phenolic OH excluding ortho intramolecular Hbond substituents is 1. The van der Waals surface area contributed by atoms with Gasteiger partial charge < -0.3 is 15.6 Å². The quantitative estimate of drug-likeness (QED) is 0.716. The zero-order valence-electron chi connectivity index (χ0n) is 14.7. The minimum Gasteiger partial charge on any atom is -0.508 e. The maximum absolute atomic E-state index is 9.49. The largest absolute Gasteiger partial charge is 0.508 e. The van der Waals surface area contributed by atoms with Crippen LogP contribution in [0.4, 0.5) is 5.82 Å². The van der Waals surface area contributed by atoms with Crippen LogP contribution in [0.15, 0.2) is 54.7 Å². The summed E-state index contributed by atoms with van der Waals surface area (Å²) in [7, 11) is 1.67. The van der Waals surface area contributed by atoms with E-state index in [4.69, 9.17) is 10.5 Å². The van der Waals surface area contributed by atoms with Gasteiger partial charge in [-0.1, -0.05) is 32.0 Å². The van der Waals surface area contributed by atoms with Gasteiger partial charge in [0.25, 0.3) is 0 Å². The molecule has 128 valence electrons. The highest BCUT2D eigenvalue weighted by atomic mass is 16.5. The van der Waals surface area contributed by atoms with Crippen LogP contribution in [0.5, 0.6) is 11.5 Å². The van der Waals surface area contributed by atoms with Gasteiger partial charge in [0.15, 0.2) is 0 Å². The summed E-state index contributed by atoms with van der Waals surface area (Å²) >= 11 is 0. The fourth-order valence-corrected chi connectivity index (χ4v) is 2.81. The number of benzene rings is 2. The third-order valence-corrected chi connectivity index (χ3v) is 4.30. The lowest BCUT2D eigenvalue weighted by molar-refractivity contribution is 0.416. The Kier molecular flexibility index (Phi) is 4.61. The topological polar surface area (TPSA) is 68.4 Å². The molecule has 3 rings (SSSR count). The molecule has 25 heavy (non-hydrogen) atoms. The molecular weight excluding hydrogens is 312 g/mol. The fourth-order valence-electron chi connectivity index (χ4n) is 2.81. The molecule has 0 spiro atoms. The van der Waals surface area contributed by atoms with Gasteiger partial charge in [0.1, 0.15) is 17.3 Å². The molecule has 0 aliphatic carbocycles. The monoisotopic (exact) mass is 334 g/mol. The number of nitrogens with two attached hydrogens (primary N) is 1. The number of methoxy groups -OCH3 is 1.